The monoisotopic (exact) mass is 432 g/mol. The fourth-order valence-corrected chi connectivity index (χ4v) is 3.30. The number of aliphatic carboxylic acids is 1. The first-order valence-electron chi connectivity index (χ1n) is 10.1. The van der Waals surface area contributed by atoms with Crippen molar-refractivity contribution in [3.05, 3.63) is 0 Å². The Morgan fingerprint density at radius 3 is 1.43 bits per heavy atom. The molecule has 0 spiro atoms. The second-order valence-electron chi connectivity index (χ2n) is 7.21. The summed E-state index contributed by atoms with van der Waals surface area (Å²) >= 11 is 0. The van der Waals surface area contributed by atoms with Gasteiger partial charge >= 0.3 is 24.2 Å². The van der Waals surface area contributed by atoms with Crippen molar-refractivity contribution in [2.75, 3.05) is 58.9 Å². The summed E-state index contributed by atoms with van der Waals surface area (Å²) in [6.45, 7) is 2.40. The number of nitrogens with zero attached hydrogens (tertiary/aromatic N) is 4. The topological polar surface area (TPSA) is 162 Å². The van der Waals surface area contributed by atoms with E-state index in [4.69, 9.17) is 5.11 Å². The van der Waals surface area contributed by atoms with E-state index in [1.807, 2.05) is 4.90 Å². The van der Waals surface area contributed by atoms with E-state index in [9.17, 15) is 34.5 Å². The van der Waals surface area contributed by atoms with Crippen molar-refractivity contribution >= 4 is 24.2 Å². The van der Waals surface area contributed by atoms with Crippen molar-refractivity contribution < 1.29 is 39.6 Å². The zero-order valence-electron chi connectivity index (χ0n) is 17.1. The van der Waals surface area contributed by atoms with Gasteiger partial charge in [0.15, 0.2) is 0 Å². The van der Waals surface area contributed by atoms with Gasteiger partial charge in [-0.1, -0.05) is 0 Å². The Labute approximate surface area is 175 Å². The van der Waals surface area contributed by atoms with Crippen molar-refractivity contribution in [3.63, 3.8) is 0 Å². The molecule has 0 aromatic rings. The van der Waals surface area contributed by atoms with E-state index >= 15 is 0 Å². The van der Waals surface area contributed by atoms with Crippen LogP contribution in [0.3, 0.4) is 0 Å². The van der Waals surface area contributed by atoms with Crippen LogP contribution < -0.4 is 0 Å². The summed E-state index contributed by atoms with van der Waals surface area (Å²) in [7, 11) is 0. The van der Waals surface area contributed by atoms with E-state index in [0.717, 1.165) is 4.90 Å². The molecule has 1 saturated heterocycles. The molecular weight excluding hydrogens is 400 g/mol. The van der Waals surface area contributed by atoms with E-state index in [2.05, 4.69) is 0 Å². The summed E-state index contributed by atoms with van der Waals surface area (Å²) in [6.07, 6.45) is -1.31. The van der Waals surface area contributed by atoms with Crippen LogP contribution in [0.4, 0.5) is 14.4 Å². The molecule has 1 heterocycles. The number of amides is 3. The van der Waals surface area contributed by atoms with Crippen LogP contribution >= 0.6 is 0 Å². The molecule has 1 aliphatic heterocycles. The summed E-state index contributed by atoms with van der Waals surface area (Å²) < 4.78 is 0. The minimum absolute atomic E-state index is 0.0214. The molecule has 30 heavy (non-hydrogen) atoms. The zero-order valence-corrected chi connectivity index (χ0v) is 17.1. The minimum Gasteiger partial charge on any atom is -0.481 e. The van der Waals surface area contributed by atoms with Crippen LogP contribution in [0.5, 0.6) is 0 Å². The number of unbranched alkanes of at least 4 members (excludes halogenated alkanes) is 1. The van der Waals surface area contributed by atoms with E-state index in [-0.39, 0.29) is 45.7 Å². The molecule has 1 fully saturated rings. The van der Waals surface area contributed by atoms with Crippen LogP contribution in [0, 0.1) is 0 Å². The molecule has 0 saturated carbocycles. The normalized spacial score (nSPS) is 17.9. The predicted molar refractivity (Wildman–Crippen MR) is 106 cm³/mol. The Morgan fingerprint density at radius 2 is 1.00 bits per heavy atom. The summed E-state index contributed by atoms with van der Waals surface area (Å²) in [5, 5.41) is 36.8. The van der Waals surface area contributed by atoms with Crippen molar-refractivity contribution in [2.24, 2.45) is 0 Å². The third-order valence-electron chi connectivity index (χ3n) is 5.01. The van der Waals surface area contributed by atoms with Gasteiger partial charge in [0.2, 0.25) is 0 Å². The molecule has 0 aromatic heterocycles. The van der Waals surface area contributed by atoms with Crippen molar-refractivity contribution in [1.29, 1.82) is 0 Å². The number of rotatable bonds is 5. The molecule has 0 atom stereocenters. The molecule has 0 aromatic carbocycles. The summed E-state index contributed by atoms with van der Waals surface area (Å²) in [6, 6.07) is 0. The van der Waals surface area contributed by atoms with Gasteiger partial charge in [0, 0.05) is 52.2 Å². The Bertz CT molecular complexity index is 589. The highest BCUT2D eigenvalue weighted by Crippen LogP contribution is 2.06. The lowest BCUT2D eigenvalue weighted by atomic mass is 10.2. The van der Waals surface area contributed by atoms with E-state index in [0.29, 0.717) is 45.3 Å². The second-order valence-corrected chi connectivity index (χ2v) is 7.21. The largest absolute Gasteiger partial charge is 0.481 e. The van der Waals surface area contributed by atoms with Gasteiger partial charge in [0.1, 0.15) is 0 Å². The van der Waals surface area contributed by atoms with Crippen molar-refractivity contribution in [3.8, 4) is 0 Å². The van der Waals surface area contributed by atoms with Crippen molar-refractivity contribution in [1.82, 2.24) is 19.6 Å². The van der Waals surface area contributed by atoms with Gasteiger partial charge in [-0.3, -0.25) is 4.79 Å². The van der Waals surface area contributed by atoms with Crippen LogP contribution in [0.2, 0.25) is 0 Å². The average molecular weight is 432 g/mol. The third-order valence-corrected chi connectivity index (χ3v) is 5.01. The molecule has 1 aliphatic rings. The summed E-state index contributed by atoms with van der Waals surface area (Å²) in [4.78, 5) is 50.6. The Balaban J connectivity index is 2.78. The maximum atomic E-state index is 11.5. The molecule has 1 rings (SSSR count). The van der Waals surface area contributed by atoms with Gasteiger partial charge in [-0.2, -0.15) is 0 Å². The van der Waals surface area contributed by atoms with Crippen LogP contribution in [0.1, 0.15) is 32.1 Å². The Kier molecular flexibility index (Phi) is 11.3. The molecule has 0 radical (unpaired) electrons. The highest BCUT2D eigenvalue weighted by molar-refractivity contribution is 5.67. The lowest BCUT2D eigenvalue weighted by Gasteiger charge is -2.29. The van der Waals surface area contributed by atoms with Crippen LogP contribution in [-0.4, -0.2) is 123 Å². The first-order valence-corrected chi connectivity index (χ1v) is 10.1. The zero-order chi connectivity index (χ0) is 22.5. The fraction of sp³-hybridized carbons (Fsp3) is 0.778. The van der Waals surface area contributed by atoms with E-state index < -0.39 is 24.2 Å². The summed E-state index contributed by atoms with van der Waals surface area (Å²) in [5.74, 6) is -0.861. The molecule has 12 heteroatoms. The van der Waals surface area contributed by atoms with Crippen LogP contribution in [0.15, 0.2) is 0 Å². The molecule has 12 nitrogen and oxygen atoms in total. The number of hydrogen-bond donors (Lipinski definition) is 4. The molecule has 4 N–H and O–H groups in total. The number of carbonyl (C=O) groups is 4. The molecule has 3 amide bonds. The fourth-order valence-electron chi connectivity index (χ4n) is 3.30. The van der Waals surface area contributed by atoms with Gasteiger partial charge in [-0.15, -0.1) is 0 Å². The van der Waals surface area contributed by atoms with Gasteiger partial charge in [0.05, 0.1) is 0 Å². The quantitative estimate of drug-likeness (QED) is 0.469. The standard InChI is InChI=1S/C18H32N4O8/c23-15(24)5-1-2-6-19-7-3-8-21(17(27)28)13-14-22(18(29)30)10-4-9-20(12-11-19)16(25)26/h1-14H2,(H,23,24)(H,25,26)(H,27,28)(H,29,30). The first kappa shape index (κ1) is 25.3. The highest BCUT2D eigenvalue weighted by atomic mass is 16.4. The first-order chi connectivity index (χ1) is 14.2. The molecule has 172 valence electrons. The van der Waals surface area contributed by atoms with Gasteiger partial charge < -0.3 is 40.0 Å². The van der Waals surface area contributed by atoms with Crippen molar-refractivity contribution in [2.45, 2.75) is 32.1 Å². The highest BCUT2D eigenvalue weighted by Gasteiger charge is 2.20. The van der Waals surface area contributed by atoms with Gasteiger partial charge in [0.25, 0.3) is 0 Å². The number of carboxylic acid groups (broad SMARTS) is 4. The Hall–Kier alpha value is -2.76. The van der Waals surface area contributed by atoms with Crippen LogP contribution in [-0.2, 0) is 4.79 Å². The SMILES string of the molecule is O=C(O)CCCCN1CCCN(C(=O)O)CCN(C(=O)O)CCCN(C(=O)O)CC1. The van der Waals surface area contributed by atoms with Crippen LogP contribution in [0.25, 0.3) is 0 Å². The maximum absolute atomic E-state index is 11.5. The molecule has 0 unspecified atom stereocenters. The minimum atomic E-state index is -1.16. The third kappa shape index (κ3) is 10.1. The van der Waals surface area contributed by atoms with Gasteiger partial charge in [-0.05, 0) is 38.8 Å². The smallest absolute Gasteiger partial charge is 0.407 e. The lowest BCUT2D eigenvalue weighted by Crippen LogP contribution is -2.44. The van der Waals surface area contributed by atoms with Gasteiger partial charge in [-0.25, -0.2) is 14.4 Å². The average Bonchev–Trinajstić information content (AvgIpc) is 2.66. The van der Waals surface area contributed by atoms with E-state index in [1.165, 1.54) is 9.80 Å². The molecular formula is C18H32N4O8. The lowest BCUT2D eigenvalue weighted by molar-refractivity contribution is -0.137. The predicted octanol–water partition coefficient (Wildman–Crippen LogP) is 1.28. The molecule has 0 bridgehead atoms. The number of hydrogen-bond acceptors (Lipinski definition) is 5. The Morgan fingerprint density at radius 1 is 0.567 bits per heavy atom. The second kappa shape index (κ2) is 13.5. The molecule has 0 aliphatic carbocycles. The summed E-state index contributed by atoms with van der Waals surface area (Å²) in [5.41, 5.74) is 0. The maximum Gasteiger partial charge on any atom is 0.407 e. The number of carboxylic acids is 1. The van der Waals surface area contributed by atoms with E-state index in [1.54, 1.807) is 0 Å².